The first-order chi connectivity index (χ1) is 17.6. The molecule has 2 fully saturated rings. The molecule has 0 aliphatic carbocycles. The van der Waals surface area contributed by atoms with E-state index in [4.69, 9.17) is 5.73 Å². The number of nitrogens with zero attached hydrogens (tertiary/aromatic N) is 7. The van der Waals surface area contributed by atoms with Crippen LogP contribution >= 0.6 is 0 Å². The number of primary amides is 1. The van der Waals surface area contributed by atoms with Crippen LogP contribution in [0.1, 0.15) is 28.8 Å². The maximum Gasteiger partial charge on any atom is 0.419 e. The molecule has 2 amide bonds. The second-order valence-electron chi connectivity index (χ2n) is 9.54. The number of halogens is 3. The number of amides is 2. The molecule has 0 saturated carbocycles. The van der Waals surface area contributed by atoms with Gasteiger partial charge in [0.05, 0.1) is 29.5 Å². The van der Waals surface area contributed by atoms with Crippen LogP contribution < -0.4 is 10.6 Å². The molecule has 2 aliphatic rings. The smallest absolute Gasteiger partial charge is 0.366 e. The number of nitrogens with two attached hydrogens (primary N) is 1. The van der Waals surface area contributed by atoms with Gasteiger partial charge in [0, 0.05) is 63.3 Å². The molecular formula is C24H27F3N8O2. The van der Waals surface area contributed by atoms with E-state index in [1.165, 1.54) is 0 Å². The van der Waals surface area contributed by atoms with E-state index in [2.05, 4.69) is 19.9 Å². The SMILES string of the molecule is CN(C(=O)CN1CC1Cn1cnc2ccc(C(N)=O)cc21)C1CCN(c2ncc(C(F)(F)F)cn2)CC1. The molecule has 13 heteroatoms. The quantitative estimate of drug-likeness (QED) is 0.476. The summed E-state index contributed by atoms with van der Waals surface area (Å²) in [6, 6.07) is 5.40. The third-order valence-corrected chi connectivity index (χ3v) is 7.13. The zero-order chi connectivity index (χ0) is 26.3. The molecule has 5 rings (SSSR count). The molecule has 0 radical (unpaired) electrons. The first kappa shape index (κ1) is 24.9. The van der Waals surface area contributed by atoms with Crippen LogP contribution in [0, 0.1) is 0 Å². The monoisotopic (exact) mass is 516 g/mol. The highest BCUT2D eigenvalue weighted by atomic mass is 19.4. The molecule has 10 nitrogen and oxygen atoms in total. The minimum absolute atomic E-state index is 0.0261. The molecule has 0 bridgehead atoms. The predicted molar refractivity (Wildman–Crippen MR) is 129 cm³/mol. The van der Waals surface area contributed by atoms with Crippen LogP contribution in [0.5, 0.6) is 0 Å². The van der Waals surface area contributed by atoms with Gasteiger partial charge in [-0.05, 0) is 31.0 Å². The molecule has 37 heavy (non-hydrogen) atoms. The fraction of sp³-hybridized carbons (Fsp3) is 0.458. The molecule has 2 aliphatic heterocycles. The lowest BCUT2D eigenvalue weighted by atomic mass is 10.0. The molecule has 4 heterocycles. The number of imidazole rings is 1. The summed E-state index contributed by atoms with van der Waals surface area (Å²) in [4.78, 5) is 42.3. The molecule has 2 unspecified atom stereocenters. The predicted octanol–water partition coefficient (Wildman–Crippen LogP) is 1.76. The van der Waals surface area contributed by atoms with Crippen molar-refractivity contribution in [1.29, 1.82) is 0 Å². The Morgan fingerprint density at radius 1 is 1.14 bits per heavy atom. The molecule has 2 saturated heterocycles. The standard InChI is InChI=1S/C24H27F3N8O2/c1-32(17-4-6-33(7-5-17)23-29-9-16(10-30-23)24(25,26)27)21(36)13-34-11-18(34)12-35-14-31-19-3-2-15(22(28)37)8-20(19)35/h2-3,8-10,14,17-18H,4-7,11-13H2,1H3,(H2,28,37). The van der Waals surface area contributed by atoms with Crippen LogP contribution in [-0.2, 0) is 17.5 Å². The van der Waals surface area contributed by atoms with Gasteiger partial charge in [-0.1, -0.05) is 0 Å². The van der Waals surface area contributed by atoms with Crippen molar-refractivity contribution in [3.8, 4) is 0 Å². The van der Waals surface area contributed by atoms with Crippen molar-refractivity contribution in [3.63, 3.8) is 0 Å². The molecule has 3 aromatic rings. The van der Waals surface area contributed by atoms with Crippen LogP contribution in [0.25, 0.3) is 11.0 Å². The van der Waals surface area contributed by atoms with E-state index < -0.39 is 17.6 Å². The normalized spacial score (nSPS) is 20.3. The van der Waals surface area contributed by atoms with Crippen molar-refractivity contribution in [2.45, 2.75) is 37.6 Å². The van der Waals surface area contributed by atoms with Crippen molar-refractivity contribution in [3.05, 3.63) is 48.0 Å². The Morgan fingerprint density at radius 2 is 1.84 bits per heavy atom. The number of hydrogen-bond acceptors (Lipinski definition) is 7. The largest absolute Gasteiger partial charge is 0.419 e. The minimum Gasteiger partial charge on any atom is -0.366 e. The number of carbonyl (C=O) groups excluding carboxylic acids is 2. The molecule has 0 spiro atoms. The van der Waals surface area contributed by atoms with Crippen LogP contribution in [0.2, 0.25) is 0 Å². The highest BCUT2D eigenvalue weighted by Gasteiger charge is 2.37. The molecule has 2 atom stereocenters. The number of hydrogen-bond donors (Lipinski definition) is 1. The maximum atomic E-state index is 12.9. The van der Waals surface area contributed by atoms with E-state index in [0.29, 0.717) is 44.6 Å². The highest BCUT2D eigenvalue weighted by molar-refractivity contribution is 5.96. The average Bonchev–Trinajstić information content (AvgIpc) is 3.48. The van der Waals surface area contributed by atoms with Crippen molar-refractivity contribution < 1.29 is 22.8 Å². The third-order valence-electron chi connectivity index (χ3n) is 7.13. The van der Waals surface area contributed by atoms with E-state index in [1.807, 2.05) is 9.47 Å². The summed E-state index contributed by atoms with van der Waals surface area (Å²) >= 11 is 0. The maximum absolute atomic E-state index is 12.9. The van der Waals surface area contributed by atoms with Gasteiger partial charge in [0.25, 0.3) is 0 Å². The van der Waals surface area contributed by atoms with Gasteiger partial charge in [-0.3, -0.25) is 14.5 Å². The average molecular weight is 517 g/mol. The lowest BCUT2D eigenvalue weighted by Gasteiger charge is -2.36. The van der Waals surface area contributed by atoms with Crippen LogP contribution in [0.4, 0.5) is 19.1 Å². The van der Waals surface area contributed by atoms with E-state index in [9.17, 15) is 22.8 Å². The number of carbonyl (C=O) groups is 2. The Bertz CT molecular complexity index is 1300. The highest BCUT2D eigenvalue weighted by Crippen LogP contribution is 2.29. The zero-order valence-electron chi connectivity index (χ0n) is 20.2. The van der Waals surface area contributed by atoms with Gasteiger partial charge in [-0.2, -0.15) is 13.2 Å². The fourth-order valence-electron chi connectivity index (χ4n) is 4.75. The first-order valence-corrected chi connectivity index (χ1v) is 12.0. The summed E-state index contributed by atoms with van der Waals surface area (Å²) < 4.78 is 40.2. The van der Waals surface area contributed by atoms with Crippen molar-refractivity contribution >= 4 is 28.8 Å². The van der Waals surface area contributed by atoms with Gasteiger partial charge >= 0.3 is 6.18 Å². The summed E-state index contributed by atoms with van der Waals surface area (Å²) in [6.07, 6.45) is 0.223. The van der Waals surface area contributed by atoms with Crippen LogP contribution in [-0.4, -0.2) is 86.4 Å². The Morgan fingerprint density at radius 3 is 2.49 bits per heavy atom. The van der Waals surface area contributed by atoms with Crippen molar-refractivity contribution in [1.82, 2.24) is 29.3 Å². The Balaban J connectivity index is 1.11. The molecule has 196 valence electrons. The second-order valence-corrected chi connectivity index (χ2v) is 9.54. The lowest BCUT2D eigenvalue weighted by molar-refractivity contribution is -0.138. The Kier molecular flexibility index (Phi) is 6.48. The molecule has 2 N–H and O–H groups in total. The number of benzene rings is 1. The third kappa shape index (κ3) is 5.36. The van der Waals surface area contributed by atoms with E-state index in [0.717, 1.165) is 30.0 Å². The summed E-state index contributed by atoms with van der Waals surface area (Å²) in [6.45, 7) is 2.87. The molecule has 1 aromatic carbocycles. The van der Waals surface area contributed by atoms with Gasteiger partial charge in [0.1, 0.15) is 0 Å². The van der Waals surface area contributed by atoms with Gasteiger partial charge in [-0.15, -0.1) is 0 Å². The van der Waals surface area contributed by atoms with Crippen LogP contribution in [0.15, 0.2) is 36.9 Å². The number of aromatic nitrogens is 4. The van der Waals surface area contributed by atoms with Crippen LogP contribution in [0.3, 0.4) is 0 Å². The number of piperidine rings is 1. The summed E-state index contributed by atoms with van der Waals surface area (Å²) in [7, 11) is 1.80. The summed E-state index contributed by atoms with van der Waals surface area (Å²) in [5.74, 6) is -0.199. The van der Waals surface area contributed by atoms with E-state index in [1.54, 1.807) is 36.5 Å². The van der Waals surface area contributed by atoms with Gasteiger partial charge in [0.2, 0.25) is 17.8 Å². The first-order valence-electron chi connectivity index (χ1n) is 12.0. The minimum atomic E-state index is -4.47. The van der Waals surface area contributed by atoms with Gasteiger partial charge < -0.3 is 20.1 Å². The second kappa shape index (κ2) is 9.61. The Labute approximate surface area is 210 Å². The number of anilines is 1. The molecular weight excluding hydrogens is 489 g/mol. The molecule has 2 aromatic heterocycles. The van der Waals surface area contributed by atoms with Gasteiger partial charge in [0.15, 0.2) is 0 Å². The van der Waals surface area contributed by atoms with Crippen molar-refractivity contribution in [2.24, 2.45) is 5.73 Å². The lowest BCUT2D eigenvalue weighted by Crippen LogP contribution is -2.47. The number of likely N-dealkylation sites (N-methyl/N-ethyl adjacent to an activating group) is 1. The Hall–Kier alpha value is -3.74. The fourth-order valence-corrected chi connectivity index (χ4v) is 4.75. The number of alkyl halides is 3. The zero-order valence-corrected chi connectivity index (χ0v) is 20.2. The van der Waals surface area contributed by atoms with E-state index >= 15 is 0 Å². The van der Waals surface area contributed by atoms with Gasteiger partial charge in [-0.25, -0.2) is 15.0 Å². The number of rotatable bonds is 7. The number of fused-ring (bicyclic) bond motifs is 1. The van der Waals surface area contributed by atoms with E-state index in [-0.39, 0.29) is 23.9 Å². The summed E-state index contributed by atoms with van der Waals surface area (Å²) in [5.41, 5.74) is 6.56. The van der Waals surface area contributed by atoms with Crippen molar-refractivity contribution in [2.75, 3.05) is 38.1 Å². The summed E-state index contributed by atoms with van der Waals surface area (Å²) in [5, 5.41) is 0. The topological polar surface area (TPSA) is 113 Å².